The minimum Gasteiger partial charge on any atom is -0.379 e. The highest BCUT2D eigenvalue weighted by Gasteiger charge is 2.08. The molecule has 0 saturated carbocycles. The summed E-state index contributed by atoms with van der Waals surface area (Å²) < 4.78 is 10.5. The monoisotopic (exact) mass is 288 g/mol. The number of carbonyl (C=O) groups is 2. The first-order chi connectivity index (χ1) is 9.57. The smallest absolute Gasteiger partial charge is 0.222 e. The Balaban J connectivity index is 3.29. The molecule has 2 amide bonds. The van der Waals surface area contributed by atoms with Gasteiger partial charge in [-0.1, -0.05) is 20.8 Å². The van der Waals surface area contributed by atoms with Crippen LogP contribution in [0.1, 0.15) is 27.2 Å². The molecule has 0 bridgehead atoms. The van der Waals surface area contributed by atoms with Crippen LogP contribution in [0.5, 0.6) is 0 Å². The van der Waals surface area contributed by atoms with E-state index in [0.717, 1.165) is 0 Å². The molecule has 1 atom stereocenters. The van der Waals surface area contributed by atoms with Gasteiger partial charge in [0.2, 0.25) is 12.3 Å². The molecule has 0 aliphatic carbocycles. The SMILES string of the molecule is CC(C)C(C)CNC(=O)CCOCCOCCNC=O. The molecule has 6 nitrogen and oxygen atoms in total. The van der Waals surface area contributed by atoms with Gasteiger partial charge in [0.1, 0.15) is 0 Å². The van der Waals surface area contributed by atoms with Crippen LogP contribution >= 0.6 is 0 Å². The second-order valence-electron chi connectivity index (χ2n) is 5.07. The molecule has 0 aromatic rings. The standard InChI is InChI=1S/C14H28N2O4/c1-12(2)13(3)10-16-14(18)4-6-19-8-9-20-7-5-15-11-17/h11-13H,4-10H2,1-3H3,(H,15,17)(H,16,18). The number of amides is 2. The van der Waals surface area contributed by atoms with Crippen molar-refractivity contribution >= 4 is 12.3 Å². The fourth-order valence-corrected chi connectivity index (χ4v) is 1.28. The van der Waals surface area contributed by atoms with Gasteiger partial charge in [-0.2, -0.15) is 0 Å². The van der Waals surface area contributed by atoms with Crippen LogP contribution in [-0.2, 0) is 19.1 Å². The van der Waals surface area contributed by atoms with E-state index in [1.807, 2.05) is 0 Å². The second-order valence-corrected chi connectivity index (χ2v) is 5.07. The third-order valence-electron chi connectivity index (χ3n) is 3.08. The highest BCUT2D eigenvalue weighted by Crippen LogP contribution is 2.07. The molecular weight excluding hydrogens is 260 g/mol. The molecule has 0 saturated heterocycles. The summed E-state index contributed by atoms with van der Waals surface area (Å²) in [5.41, 5.74) is 0. The molecule has 0 aromatic carbocycles. The van der Waals surface area contributed by atoms with Gasteiger partial charge in [0.25, 0.3) is 0 Å². The Labute approximate surface area is 121 Å². The lowest BCUT2D eigenvalue weighted by Gasteiger charge is -2.16. The highest BCUT2D eigenvalue weighted by atomic mass is 16.5. The summed E-state index contributed by atoms with van der Waals surface area (Å²) in [7, 11) is 0. The fourth-order valence-electron chi connectivity index (χ4n) is 1.28. The van der Waals surface area contributed by atoms with E-state index in [0.29, 0.717) is 64.2 Å². The quantitative estimate of drug-likeness (QED) is 0.383. The molecule has 1 unspecified atom stereocenters. The maximum absolute atomic E-state index is 11.5. The zero-order valence-corrected chi connectivity index (χ0v) is 12.8. The van der Waals surface area contributed by atoms with Gasteiger partial charge < -0.3 is 20.1 Å². The number of nitrogens with one attached hydrogen (secondary N) is 2. The van der Waals surface area contributed by atoms with Crippen molar-refractivity contribution in [2.45, 2.75) is 27.2 Å². The third kappa shape index (κ3) is 11.9. The number of hydrogen-bond donors (Lipinski definition) is 2. The minimum atomic E-state index is 0.0219. The molecule has 2 N–H and O–H groups in total. The zero-order valence-electron chi connectivity index (χ0n) is 12.8. The highest BCUT2D eigenvalue weighted by molar-refractivity contribution is 5.75. The Kier molecular flexibility index (Phi) is 12.1. The normalized spacial score (nSPS) is 12.2. The maximum atomic E-state index is 11.5. The molecule has 6 heteroatoms. The molecule has 0 aliphatic rings. The topological polar surface area (TPSA) is 76.7 Å². The van der Waals surface area contributed by atoms with Crippen LogP contribution in [0.25, 0.3) is 0 Å². The van der Waals surface area contributed by atoms with Crippen molar-refractivity contribution in [2.75, 3.05) is 39.5 Å². The first kappa shape index (κ1) is 18.9. The Hall–Kier alpha value is -1.14. The molecule has 0 heterocycles. The number of hydrogen-bond acceptors (Lipinski definition) is 4. The predicted octanol–water partition coefficient (Wildman–Crippen LogP) is 0.564. The molecule has 0 aliphatic heterocycles. The molecule has 0 rings (SSSR count). The van der Waals surface area contributed by atoms with Gasteiger partial charge in [-0.15, -0.1) is 0 Å². The lowest BCUT2D eigenvalue weighted by atomic mass is 9.98. The first-order valence-corrected chi connectivity index (χ1v) is 7.17. The van der Waals surface area contributed by atoms with E-state index in [9.17, 15) is 9.59 Å². The summed E-state index contributed by atoms with van der Waals surface area (Å²) in [5.74, 6) is 1.07. The molecular formula is C14H28N2O4. The number of rotatable bonds is 13. The lowest BCUT2D eigenvalue weighted by molar-refractivity contribution is -0.122. The Morgan fingerprint density at radius 3 is 2.35 bits per heavy atom. The summed E-state index contributed by atoms with van der Waals surface area (Å²) in [4.78, 5) is 21.5. The van der Waals surface area contributed by atoms with Crippen molar-refractivity contribution in [1.82, 2.24) is 10.6 Å². The van der Waals surface area contributed by atoms with Crippen LogP contribution in [0.15, 0.2) is 0 Å². The van der Waals surface area contributed by atoms with E-state index < -0.39 is 0 Å². The van der Waals surface area contributed by atoms with Crippen LogP contribution in [0.3, 0.4) is 0 Å². The number of ether oxygens (including phenoxy) is 2. The van der Waals surface area contributed by atoms with Crippen LogP contribution < -0.4 is 10.6 Å². The van der Waals surface area contributed by atoms with Gasteiger partial charge in [-0.05, 0) is 11.8 Å². The van der Waals surface area contributed by atoms with E-state index in [4.69, 9.17) is 9.47 Å². The molecule has 0 aromatic heterocycles. The fraction of sp³-hybridized carbons (Fsp3) is 0.857. The first-order valence-electron chi connectivity index (χ1n) is 7.17. The molecule has 0 fully saturated rings. The molecule has 118 valence electrons. The Morgan fingerprint density at radius 1 is 1.10 bits per heavy atom. The summed E-state index contributed by atoms with van der Waals surface area (Å²) in [6.45, 7) is 9.41. The average molecular weight is 288 g/mol. The molecule has 0 spiro atoms. The van der Waals surface area contributed by atoms with Crippen LogP contribution in [0.4, 0.5) is 0 Å². The zero-order chi connectivity index (χ0) is 15.2. The third-order valence-corrected chi connectivity index (χ3v) is 3.08. The second kappa shape index (κ2) is 12.9. The van der Waals surface area contributed by atoms with Crippen molar-refractivity contribution in [3.05, 3.63) is 0 Å². The van der Waals surface area contributed by atoms with Crippen LogP contribution in [-0.4, -0.2) is 51.8 Å². The van der Waals surface area contributed by atoms with Gasteiger partial charge in [0, 0.05) is 19.5 Å². The van der Waals surface area contributed by atoms with Crippen molar-refractivity contribution in [2.24, 2.45) is 11.8 Å². The van der Waals surface area contributed by atoms with Gasteiger partial charge in [-0.25, -0.2) is 0 Å². The lowest BCUT2D eigenvalue weighted by Crippen LogP contribution is -2.30. The maximum Gasteiger partial charge on any atom is 0.222 e. The van der Waals surface area contributed by atoms with Crippen molar-refractivity contribution in [3.63, 3.8) is 0 Å². The van der Waals surface area contributed by atoms with Gasteiger partial charge in [-0.3, -0.25) is 9.59 Å². The Bertz CT molecular complexity index is 260. The summed E-state index contributed by atoms with van der Waals surface area (Å²) in [5, 5.41) is 5.39. The largest absolute Gasteiger partial charge is 0.379 e. The van der Waals surface area contributed by atoms with E-state index in [1.165, 1.54) is 0 Å². The molecule has 20 heavy (non-hydrogen) atoms. The number of carbonyl (C=O) groups excluding carboxylic acids is 2. The predicted molar refractivity (Wildman–Crippen MR) is 77.3 cm³/mol. The summed E-state index contributed by atoms with van der Waals surface area (Å²) >= 11 is 0. The van der Waals surface area contributed by atoms with E-state index >= 15 is 0 Å². The van der Waals surface area contributed by atoms with Gasteiger partial charge >= 0.3 is 0 Å². The minimum absolute atomic E-state index is 0.0219. The van der Waals surface area contributed by atoms with Gasteiger partial charge in [0.05, 0.1) is 26.4 Å². The summed E-state index contributed by atoms with van der Waals surface area (Å²) in [6, 6.07) is 0. The summed E-state index contributed by atoms with van der Waals surface area (Å²) in [6.07, 6.45) is 1.01. The van der Waals surface area contributed by atoms with Gasteiger partial charge in [0.15, 0.2) is 0 Å². The van der Waals surface area contributed by atoms with E-state index in [1.54, 1.807) is 0 Å². The van der Waals surface area contributed by atoms with E-state index in [2.05, 4.69) is 31.4 Å². The average Bonchev–Trinajstić information content (AvgIpc) is 2.42. The van der Waals surface area contributed by atoms with Crippen LogP contribution in [0.2, 0.25) is 0 Å². The Morgan fingerprint density at radius 2 is 1.75 bits per heavy atom. The van der Waals surface area contributed by atoms with Crippen molar-refractivity contribution in [3.8, 4) is 0 Å². The molecule has 0 radical (unpaired) electrons. The van der Waals surface area contributed by atoms with Crippen molar-refractivity contribution < 1.29 is 19.1 Å². The van der Waals surface area contributed by atoms with Crippen molar-refractivity contribution in [1.29, 1.82) is 0 Å². The van der Waals surface area contributed by atoms with Crippen LogP contribution in [0, 0.1) is 11.8 Å². The van der Waals surface area contributed by atoms with E-state index in [-0.39, 0.29) is 5.91 Å².